The Morgan fingerprint density at radius 2 is 2.00 bits per heavy atom. The van der Waals surface area contributed by atoms with Crippen LogP contribution in [0.25, 0.3) is 0 Å². The number of nitrogens with one attached hydrogen (secondary N) is 1. The fraction of sp³-hybridized carbons (Fsp3) is 0.571. The lowest BCUT2D eigenvalue weighted by molar-refractivity contribution is 0.281. The van der Waals surface area contributed by atoms with Crippen molar-refractivity contribution in [3.05, 3.63) is 29.8 Å². The molecule has 106 valence electrons. The molecule has 1 aliphatic carbocycles. The fourth-order valence-corrected chi connectivity index (χ4v) is 3.71. The van der Waals surface area contributed by atoms with E-state index < -0.39 is 10.0 Å². The summed E-state index contributed by atoms with van der Waals surface area (Å²) in [6.07, 6.45) is 5.91. The highest BCUT2D eigenvalue weighted by Gasteiger charge is 2.17. The van der Waals surface area contributed by atoms with Crippen LogP contribution in [0.1, 0.15) is 37.7 Å². The highest BCUT2D eigenvalue weighted by atomic mass is 32.2. The van der Waals surface area contributed by atoms with Crippen molar-refractivity contribution in [2.75, 3.05) is 6.54 Å². The Labute approximate surface area is 114 Å². The van der Waals surface area contributed by atoms with Crippen molar-refractivity contribution in [3.8, 4) is 0 Å². The van der Waals surface area contributed by atoms with Crippen molar-refractivity contribution in [2.45, 2.75) is 43.6 Å². The maximum absolute atomic E-state index is 12.1. The molecular formula is C14H21NO3S. The third-order valence-electron chi connectivity index (χ3n) is 3.71. The van der Waals surface area contributed by atoms with Gasteiger partial charge in [0.2, 0.25) is 10.0 Å². The predicted molar refractivity (Wildman–Crippen MR) is 74.1 cm³/mol. The lowest BCUT2D eigenvalue weighted by atomic mass is 10.1. The third kappa shape index (κ3) is 4.03. The van der Waals surface area contributed by atoms with Crippen molar-refractivity contribution in [1.29, 1.82) is 0 Å². The maximum atomic E-state index is 12.1. The number of hydrogen-bond donors (Lipinski definition) is 2. The van der Waals surface area contributed by atoms with Crippen LogP contribution in [0, 0.1) is 5.92 Å². The SMILES string of the molecule is O=S(=O)(NCCC1CCCC1)c1cccc(CO)c1. The van der Waals surface area contributed by atoms with Gasteiger partial charge in [0.05, 0.1) is 11.5 Å². The van der Waals surface area contributed by atoms with E-state index in [9.17, 15) is 8.42 Å². The minimum absolute atomic E-state index is 0.147. The standard InChI is InChI=1S/C14H21NO3S/c16-11-13-6-3-7-14(10-13)19(17,18)15-9-8-12-4-1-2-5-12/h3,6-7,10,12,15-16H,1-2,4-5,8-9,11H2. The van der Waals surface area contributed by atoms with Crippen LogP contribution in [-0.2, 0) is 16.6 Å². The van der Waals surface area contributed by atoms with Gasteiger partial charge in [0.1, 0.15) is 0 Å². The largest absolute Gasteiger partial charge is 0.392 e. The van der Waals surface area contributed by atoms with Gasteiger partial charge in [-0.05, 0) is 30.0 Å². The molecule has 1 aliphatic rings. The summed E-state index contributed by atoms with van der Waals surface area (Å²) in [7, 11) is -3.45. The maximum Gasteiger partial charge on any atom is 0.240 e. The number of benzene rings is 1. The van der Waals surface area contributed by atoms with Crippen LogP contribution in [0.2, 0.25) is 0 Å². The van der Waals surface area contributed by atoms with E-state index in [0.717, 1.165) is 6.42 Å². The van der Waals surface area contributed by atoms with Crippen molar-refractivity contribution in [2.24, 2.45) is 5.92 Å². The second-order valence-electron chi connectivity index (χ2n) is 5.14. The van der Waals surface area contributed by atoms with Crippen LogP contribution in [0.3, 0.4) is 0 Å². The third-order valence-corrected chi connectivity index (χ3v) is 5.17. The van der Waals surface area contributed by atoms with E-state index in [4.69, 9.17) is 5.11 Å². The summed E-state index contributed by atoms with van der Waals surface area (Å²) in [4.78, 5) is 0.227. The van der Waals surface area contributed by atoms with Crippen LogP contribution >= 0.6 is 0 Å². The van der Waals surface area contributed by atoms with E-state index in [1.807, 2.05) is 0 Å². The first kappa shape index (κ1) is 14.5. The average molecular weight is 283 g/mol. The topological polar surface area (TPSA) is 66.4 Å². The van der Waals surface area contributed by atoms with Crippen molar-refractivity contribution >= 4 is 10.0 Å². The summed E-state index contributed by atoms with van der Waals surface area (Å²) >= 11 is 0. The van der Waals surface area contributed by atoms with Crippen LogP contribution in [0.5, 0.6) is 0 Å². The summed E-state index contributed by atoms with van der Waals surface area (Å²) in [5.74, 6) is 0.673. The second kappa shape index (κ2) is 6.50. The van der Waals surface area contributed by atoms with Gasteiger partial charge in [0.25, 0.3) is 0 Å². The van der Waals surface area contributed by atoms with Gasteiger partial charge in [-0.2, -0.15) is 0 Å². The molecule has 1 aromatic rings. The molecule has 0 heterocycles. The summed E-state index contributed by atoms with van der Waals surface area (Å²) in [5.41, 5.74) is 0.610. The Morgan fingerprint density at radius 3 is 2.68 bits per heavy atom. The van der Waals surface area contributed by atoms with Crippen LogP contribution < -0.4 is 4.72 Å². The Balaban J connectivity index is 1.93. The summed E-state index contributed by atoms with van der Waals surface area (Å²) in [6, 6.07) is 6.42. The van der Waals surface area contributed by atoms with Crippen molar-refractivity contribution in [1.82, 2.24) is 4.72 Å². The van der Waals surface area contributed by atoms with Crippen LogP contribution in [0.4, 0.5) is 0 Å². The van der Waals surface area contributed by atoms with Gasteiger partial charge in [-0.3, -0.25) is 0 Å². The first-order chi connectivity index (χ1) is 9.12. The summed E-state index contributed by atoms with van der Waals surface area (Å²) < 4.78 is 26.8. The van der Waals surface area contributed by atoms with E-state index in [-0.39, 0.29) is 11.5 Å². The molecule has 1 saturated carbocycles. The van der Waals surface area contributed by atoms with E-state index >= 15 is 0 Å². The number of sulfonamides is 1. The molecule has 0 saturated heterocycles. The number of aliphatic hydroxyl groups is 1. The predicted octanol–water partition coefficient (Wildman–Crippen LogP) is 2.04. The van der Waals surface area contributed by atoms with Gasteiger partial charge in [-0.25, -0.2) is 13.1 Å². The molecule has 0 amide bonds. The van der Waals surface area contributed by atoms with Gasteiger partial charge in [0.15, 0.2) is 0 Å². The molecule has 1 aromatic carbocycles. The molecule has 0 unspecified atom stereocenters. The van der Waals surface area contributed by atoms with Crippen LogP contribution in [0.15, 0.2) is 29.2 Å². The van der Waals surface area contributed by atoms with Gasteiger partial charge in [0, 0.05) is 6.54 Å². The molecule has 0 atom stereocenters. The molecule has 0 radical (unpaired) electrons. The summed E-state index contributed by atoms with van der Waals surface area (Å²) in [6.45, 7) is 0.349. The second-order valence-corrected chi connectivity index (χ2v) is 6.91. The van der Waals surface area contributed by atoms with Gasteiger partial charge >= 0.3 is 0 Å². The van der Waals surface area contributed by atoms with E-state index in [1.165, 1.54) is 31.7 Å². The Morgan fingerprint density at radius 1 is 1.26 bits per heavy atom. The molecule has 0 aromatic heterocycles. The molecule has 0 bridgehead atoms. The minimum atomic E-state index is -3.45. The molecule has 2 N–H and O–H groups in total. The lowest BCUT2D eigenvalue weighted by Crippen LogP contribution is -2.26. The van der Waals surface area contributed by atoms with Crippen molar-refractivity contribution < 1.29 is 13.5 Å². The number of aliphatic hydroxyl groups excluding tert-OH is 1. The Hall–Kier alpha value is -0.910. The average Bonchev–Trinajstić information content (AvgIpc) is 2.92. The van der Waals surface area contributed by atoms with E-state index in [1.54, 1.807) is 18.2 Å². The zero-order valence-corrected chi connectivity index (χ0v) is 11.8. The van der Waals surface area contributed by atoms with Gasteiger partial charge < -0.3 is 5.11 Å². The van der Waals surface area contributed by atoms with Crippen molar-refractivity contribution in [3.63, 3.8) is 0 Å². The van der Waals surface area contributed by atoms with Crippen LogP contribution in [-0.4, -0.2) is 20.1 Å². The zero-order chi connectivity index (χ0) is 13.7. The number of rotatable bonds is 6. The fourth-order valence-electron chi connectivity index (χ4n) is 2.59. The Bertz CT molecular complexity index is 507. The molecule has 19 heavy (non-hydrogen) atoms. The quantitative estimate of drug-likeness (QED) is 0.839. The minimum Gasteiger partial charge on any atom is -0.392 e. The van der Waals surface area contributed by atoms with E-state index in [0.29, 0.717) is 18.0 Å². The normalized spacial score (nSPS) is 16.9. The lowest BCUT2D eigenvalue weighted by Gasteiger charge is -2.11. The molecule has 4 nitrogen and oxygen atoms in total. The van der Waals surface area contributed by atoms with E-state index in [2.05, 4.69) is 4.72 Å². The highest BCUT2D eigenvalue weighted by Crippen LogP contribution is 2.27. The smallest absolute Gasteiger partial charge is 0.240 e. The monoisotopic (exact) mass is 283 g/mol. The Kier molecular flexibility index (Phi) is 4.96. The summed E-state index contributed by atoms with van der Waals surface area (Å²) in [5, 5.41) is 9.03. The highest BCUT2D eigenvalue weighted by molar-refractivity contribution is 7.89. The molecule has 5 heteroatoms. The zero-order valence-electron chi connectivity index (χ0n) is 11.0. The molecule has 1 fully saturated rings. The first-order valence-corrected chi connectivity index (χ1v) is 8.29. The molecule has 0 aliphatic heterocycles. The molecule has 2 rings (SSSR count). The molecular weight excluding hydrogens is 262 g/mol. The van der Waals surface area contributed by atoms with Gasteiger partial charge in [-0.15, -0.1) is 0 Å². The first-order valence-electron chi connectivity index (χ1n) is 6.81. The molecule has 0 spiro atoms. The number of hydrogen-bond acceptors (Lipinski definition) is 3. The van der Waals surface area contributed by atoms with Gasteiger partial charge in [-0.1, -0.05) is 37.8 Å².